The molecule has 4 nitrogen and oxygen atoms in total. The molecule has 9 heteroatoms. The first-order valence-corrected chi connectivity index (χ1v) is 9.75. The predicted octanol–water partition coefficient (Wildman–Crippen LogP) is 4.80. The van der Waals surface area contributed by atoms with Gasteiger partial charge in [-0.2, -0.15) is 0 Å². The largest absolute Gasteiger partial charge is 0.447 e. The van der Waals surface area contributed by atoms with Crippen LogP contribution >= 0.6 is 0 Å². The van der Waals surface area contributed by atoms with Crippen molar-refractivity contribution >= 4 is 11.9 Å². The monoisotopic (exact) mass is 440 g/mol. The van der Waals surface area contributed by atoms with E-state index in [1.165, 1.54) is 12.1 Å². The Morgan fingerprint density at radius 1 is 0.968 bits per heavy atom. The summed E-state index contributed by atoms with van der Waals surface area (Å²) in [4.78, 5) is 23.8. The SMILES string of the molecule is O=C(CC(c1c(F)c(F)c(F)c(F)c1F)C1CCC(C2OC2=O)C1)Oc1ccccc1. The number of benzene rings is 2. The summed E-state index contributed by atoms with van der Waals surface area (Å²) in [7, 11) is 0. The van der Waals surface area contributed by atoms with Crippen molar-refractivity contribution in [2.24, 2.45) is 11.8 Å². The van der Waals surface area contributed by atoms with Crippen LogP contribution in [-0.2, 0) is 14.3 Å². The Kier molecular flexibility index (Phi) is 5.68. The van der Waals surface area contributed by atoms with Crippen LogP contribution in [0.4, 0.5) is 22.0 Å². The first-order valence-electron chi connectivity index (χ1n) is 9.75. The van der Waals surface area contributed by atoms with Gasteiger partial charge in [0.1, 0.15) is 5.75 Å². The Labute approximate surface area is 174 Å². The van der Waals surface area contributed by atoms with Crippen LogP contribution in [-0.4, -0.2) is 18.0 Å². The van der Waals surface area contributed by atoms with Gasteiger partial charge in [-0.3, -0.25) is 4.79 Å². The molecular formula is C22H17F5O4. The van der Waals surface area contributed by atoms with Crippen molar-refractivity contribution in [1.82, 2.24) is 0 Å². The fraction of sp³-hybridized carbons (Fsp3) is 0.364. The lowest BCUT2D eigenvalue weighted by atomic mass is 9.81. The highest BCUT2D eigenvalue weighted by molar-refractivity contribution is 5.87. The number of para-hydroxylation sites is 1. The number of hydrogen-bond acceptors (Lipinski definition) is 4. The molecule has 0 amide bonds. The molecule has 1 saturated heterocycles. The maximum absolute atomic E-state index is 14.6. The average molecular weight is 440 g/mol. The van der Waals surface area contributed by atoms with Gasteiger partial charge in [-0.25, -0.2) is 26.7 Å². The summed E-state index contributed by atoms with van der Waals surface area (Å²) in [5.41, 5.74) is -1.03. The van der Waals surface area contributed by atoms with Gasteiger partial charge in [0.2, 0.25) is 11.9 Å². The third kappa shape index (κ3) is 4.13. The Balaban J connectivity index is 1.65. The zero-order valence-electron chi connectivity index (χ0n) is 16.0. The molecular weight excluding hydrogens is 423 g/mol. The molecule has 4 unspecified atom stereocenters. The van der Waals surface area contributed by atoms with Crippen LogP contribution in [0.5, 0.6) is 5.75 Å². The number of esters is 1. The van der Waals surface area contributed by atoms with E-state index in [0.717, 1.165) is 0 Å². The van der Waals surface area contributed by atoms with E-state index in [1.807, 2.05) is 0 Å². The van der Waals surface area contributed by atoms with Crippen molar-refractivity contribution in [2.45, 2.75) is 37.7 Å². The number of rotatable bonds is 6. The number of cyclic esters (lactones) is 1. The van der Waals surface area contributed by atoms with Crippen LogP contribution in [0.2, 0.25) is 0 Å². The minimum atomic E-state index is -2.26. The standard InChI is InChI=1S/C22H17F5O4/c23-16-15(17(24)19(26)20(27)18(16)25)13(9-14(28)30-12-4-2-1-3-5-12)10-6-7-11(8-10)21-22(29)31-21/h1-5,10-11,13,21H,6-9H2. The number of hydrogen-bond donors (Lipinski definition) is 0. The Morgan fingerprint density at radius 2 is 1.55 bits per heavy atom. The maximum Gasteiger partial charge on any atom is 0.348 e. The smallest absolute Gasteiger partial charge is 0.348 e. The second-order valence-electron chi connectivity index (χ2n) is 7.77. The van der Waals surface area contributed by atoms with Gasteiger partial charge < -0.3 is 9.47 Å². The van der Waals surface area contributed by atoms with Crippen LogP contribution in [0.25, 0.3) is 0 Å². The van der Waals surface area contributed by atoms with Gasteiger partial charge >= 0.3 is 11.9 Å². The van der Waals surface area contributed by atoms with E-state index in [4.69, 9.17) is 9.47 Å². The molecule has 0 radical (unpaired) electrons. The van der Waals surface area contributed by atoms with Gasteiger partial charge in [-0.15, -0.1) is 0 Å². The summed E-state index contributed by atoms with van der Waals surface area (Å²) in [5.74, 6) is -13.5. The lowest BCUT2D eigenvalue weighted by molar-refractivity contribution is -0.135. The van der Waals surface area contributed by atoms with Gasteiger partial charge in [0, 0.05) is 17.4 Å². The molecule has 1 heterocycles. The van der Waals surface area contributed by atoms with Crippen molar-refractivity contribution in [3.8, 4) is 5.75 Å². The van der Waals surface area contributed by atoms with E-state index >= 15 is 0 Å². The zero-order chi connectivity index (χ0) is 22.3. The van der Waals surface area contributed by atoms with Gasteiger partial charge in [-0.1, -0.05) is 18.2 Å². The fourth-order valence-corrected chi connectivity index (χ4v) is 4.37. The predicted molar refractivity (Wildman–Crippen MR) is 96.4 cm³/mol. The van der Waals surface area contributed by atoms with Crippen molar-refractivity contribution in [2.75, 3.05) is 0 Å². The van der Waals surface area contributed by atoms with Crippen LogP contribution in [0.3, 0.4) is 0 Å². The second kappa shape index (κ2) is 8.28. The third-order valence-electron chi connectivity index (χ3n) is 5.91. The van der Waals surface area contributed by atoms with Gasteiger partial charge in [-0.05, 0) is 37.3 Å². The molecule has 1 aliphatic heterocycles. The molecule has 0 aromatic heterocycles. The van der Waals surface area contributed by atoms with Crippen LogP contribution in [0, 0.1) is 40.9 Å². The maximum atomic E-state index is 14.6. The van der Waals surface area contributed by atoms with E-state index in [-0.39, 0.29) is 24.1 Å². The summed E-state index contributed by atoms with van der Waals surface area (Å²) in [5, 5.41) is 0. The number of carbonyl (C=O) groups is 2. The van der Waals surface area contributed by atoms with Crippen LogP contribution in [0.1, 0.15) is 37.2 Å². The summed E-state index contributed by atoms with van der Waals surface area (Å²) in [6, 6.07) is 7.89. The van der Waals surface area contributed by atoms with E-state index in [0.29, 0.717) is 12.8 Å². The Bertz CT molecular complexity index is 997. The van der Waals surface area contributed by atoms with E-state index < -0.39 is 65.0 Å². The van der Waals surface area contributed by atoms with Crippen LogP contribution in [0.15, 0.2) is 30.3 Å². The number of carbonyl (C=O) groups excluding carboxylic acids is 2. The highest BCUT2D eigenvalue weighted by atomic mass is 19.2. The zero-order valence-corrected chi connectivity index (χ0v) is 16.0. The molecule has 0 spiro atoms. The molecule has 4 atom stereocenters. The molecule has 2 aliphatic rings. The van der Waals surface area contributed by atoms with Crippen LogP contribution < -0.4 is 4.74 Å². The lowest BCUT2D eigenvalue weighted by Crippen LogP contribution is -2.23. The van der Waals surface area contributed by atoms with Gasteiger partial charge in [0.25, 0.3) is 0 Å². The quantitative estimate of drug-likeness (QED) is 0.162. The summed E-state index contributed by atoms with van der Waals surface area (Å²) in [6.45, 7) is 0. The summed E-state index contributed by atoms with van der Waals surface area (Å²) < 4.78 is 80.4. The van der Waals surface area contributed by atoms with Gasteiger partial charge in [0.05, 0.1) is 6.42 Å². The third-order valence-corrected chi connectivity index (χ3v) is 5.91. The molecule has 1 saturated carbocycles. The molecule has 164 valence electrons. The number of epoxide rings is 1. The molecule has 1 aliphatic carbocycles. The highest BCUT2D eigenvalue weighted by Crippen LogP contribution is 2.47. The summed E-state index contributed by atoms with van der Waals surface area (Å²) in [6.07, 6.45) is -0.150. The van der Waals surface area contributed by atoms with Crippen molar-refractivity contribution in [3.63, 3.8) is 0 Å². The minimum absolute atomic E-state index is 0.185. The number of ether oxygens (including phenoxy) is 2. The topological polar surface area (TPSA) is 55.9 Å². The fourth-order valence-electron chi connectivity index (χ4n) is 4.37. The molecule has 2 aromatic rings. The molecule has 0 bridgehead atoms. The van der Waals surface area contributed by atoms with Gasteiger partial charge in [0.15, 0.2) is 23.3 Å². The normalized spacial score (nSPS) is 23.4. The Morgan fingerprint density at radius 3 is 2.13 bits per heavy atom. The molecule has 2 fully saturated rings. The van der Waals surface area contributed by atoms with E-state index in [9.17, 15) is 31.5 Å². The molecule has 31 heavy (non-hydrogen) atoms. The highest BCUT2D eigenvalue weighted by Gasteiger charge is 2.49. The average Bonchev–Trinajstić information content (AvgIpc) is 3.28. The Hall–Kier alpha value is -2.97. The first kappa shape index (κ1) is 21.3. The second-order valence-corrected chi connectivity index (χ2v) is 7.77. The lowest BCUT2D eigenvalue weighted by Gasteiger charge is -2.25. The van der Waals surface area contributed by atoms with E-state index in [1.54, 1.807) is 18.2 Å². The first-order chi connectivity index (χ1) is 14.8. The number of halogens is 5. The van der Waals surface area contributed by atoms with Crippen molar-refractivity contribution in [3.05, 3.63) is 65.0 Å². The van der Waals surface area contributed by atoms with Crippen molar-refractivity contribution < 1.29 is 41.0 Å². The van der Waals surface area contributed by atoms with Crippen molar-refractivity contribution in [1.29, 1.82) is 0 Å². The molecule has 0 N–H and O–H groups in total. The molecule has 4 rings (SSSR count). The minimum Gasteiger partial charge on any atom is -0.447 e. The summed E-state index contributed by atoms with van der Waals surface area (Å²) >= 11 is 0. The molecule has 2 aromatic carbocycles. The van der Waals surface area contributed by atoms with E-state index in [2.05, 4.69) is 0 Å².